The quantitative estimate of drug-likeness (QED) is 0.877. The highest BCUT2D eigenvalue weighted by atomic mass is 35.5. The van der Waals surface area contributed by atoms with E-state index in [2.05, 4.69) is 5.32 Å². The van der Waals surface area contributed by atoms with Gasteiger partial charge in [0.05, 0.1) is 22.8 Å². The molecule has 0 heterocycles. The van der Waals surface area contributed by atoms with Gasteiger partial charge in [-0.1, -0.05) is 29.3 Å². The molecule has 116 valence electrons. The second-order valence-corrected chi connectivity index (χ2v) is 5.34. The molecule has 0 fully saturated rings. The lowest BCUT2D eigenvalue weighted by Crippen LogP contribution is -2.30. The smallest absolute Gasteiger partial charge is 0.265 e. The molecule has 22 heavy (non-hydrogen) atoms. The maximum absolute atomic E-state index is 12.2. The van der Waals surface area contributed by atoms with Crippen LogP contribution in [-0.4, -0.2) is 19.1 Å². The SMILES string of the molecule is COc1ccc(O[C@@H](C)C(=O)Nc2c(Cl)cccc2Cl)cc1. The minimum atomic E-state index is -0.708. The monoisotopic (exact) mass is 339 g/mol. The largest absolute Gasteiger partial charge is 0.497 e. The Hall–Kier alpha value is -1.91. The zero-order valence-corrected chi connectivity index (χ0v) is 13.6. The molecule has 0 aliphatic carbocycles. The number of amides is 1. The van der Waals surface area contributed by atoms with Crippen molar-refractivity contribution in [3.05, 3.63) is 52.5 Å². The number of rotatable bonds is 5. The third-order valence-corrected chi connectivity index (χ3v) is 3.58. The number of anilines is 1. The zero-order chi connectivity index (χ0) is 16.1. The van der Waals surface area contributed by atoms with E-state index in [-0.39, 0.29) is 5.91 Å². The molecule has 1 amide bonds. The summed E-state index contributed by atoms with van der Waals surface area (Å²) in [6.45, 7) is 1.64. The second-order valence-electron chi connectivity index (χ2n) is 4.52. The van der Waals surface area contributed by atoms with Crippen molar-refractivity contribution >= 4 is 34.8 Å². The van der Waals surface area contributed by atoms with Crippen LogP contribution in [0.4, 0.5) is 5.69 Å². The van der Waals surface area contributed by atoms with E-state index in [9.17, 15) is 4.79 Å². The standard InChI is InChI=1S/C16H15Cl2NO3/c1-10(22-12-8-6-11(21-2)7-9-12)16(20)19-15-13(17)4-3-5-14(15)18/h3-10H,1-2H3,(H,19,20)/t10-/m0/s1. The van der Waals surface area contributed by atoms with Gasteiger partial charge in [-0.3, -0.25) is 4.79 Å². The molecular formula is C16H15Cl2NO3. The predicted octanol–water partition coefficient (Wildman–Crippen LogP) is 4.41. The molecule has 0 aliphatic heterocycles. The van der Waals surface area contributed by atoms with Gasteiger partial charge in [-0.05, 0) is 43.3 Å². The fourth-order valence-corrected chi connectivity index (χ4v) is 2.25. The Bertz CT molecular complexity index is 639. The van der Waals surface area contributed by atoms with Crippen molar-refractivity contribution in [2.75, 3.05) is 12.4 Å². The van der Waals surface area contributed by atoms with Crippen molar-refractivity contribution in [3.8, 4) is 11.5 Å². The molecule has 0 saturated heterocycles. The summed E-state index contributed by atoms with van der Waals surface area (Å²) in [7, 11) is 1.58. The molecule has 2 aromatic carbocycles. The lowest BCUT2D eigenvalue weighted by Gasteiger charge is -2.16. The Morgan fingerprint density at radius 3 is 2.14 bits per heavy atom. The summed E-state index contributed by atoms with van der Waals surface area (Å²) in [5.41, 5.74) is 0.376. The third-order valence-electron chi connectivity index (χ3n) is 2.95. The van der Waals surface area contributed by atoms with Crippen LogP contribution in [0.25, 0.3) is 0 Å². The number of carbonyl (C=O) groups excluding carboxylic acids is 1. The lowest BCUT2D eigenvalue weighted by atomic mass is 10.3. The third kappa shape index (κ3) is 4.06. The van der Waals surface area contributed by atoms with Gasteiger partial charge in [0, 0.05) is 0 Å². The zero-order valence-electron chi connectivity index (χ0n) is 12.1. The average Bonchev–Trinajstić information content (AvgIpc) is 2.51. The molecule has 2 aromatic rings. The highest BCUT2D eigenvalue weighted by Crippen LogP contribution is 2.30. The second kappa shape index (κ2) is 7.38. The summed E-state index contributed by atoms with van der Waals surface area (Å²) in [6.07, 6.45) is -0.708. The van der Waals surface area contributed by atoms with Crippen molar-refractivity contribution in [3.63, 3.8) is 0 Å². The number of nitrogens with one attached hydrogen (secondary N) is 1. The van der Waals surface area contributed by atoms with E-state index < -0.39 is 6.10 Å². The van der Waals surface area contributed by atoms with Gasteiger partial charge in [0.15, 0.2) is 6.10 Å². The number of ether oxygens (including phenoxy) is 2. The first-order valence-corrected chi connectivity index (χ1v) is 7.32. The number of benzene rings is 2. The van der Waals surface area contributed by atoms with E-state index in [1.807, 2.05) is 0 Å². The number of methoxy groups -OCH3 is 1. The van der Waals surface area contributed by atoms with Crippen LogP contribution in [0, 0.1) is 0 Å². The summed E-state index contributed by atoms with van der Waals surface area (Å²) < 4.78 is 10.6. The van der Waals surface area contributed by atoms with Crippen molar-refractivity contribution in [2.45, 2.75) is 13.0 Å². The maximum Gasteiger partial charge on any atom is 0.265 e. The first-order valence-electron chi connectivity index (χ1n) is 6.57. The van der Waals surface area contributed by atoms with Gasteiger partial charge in [0.2, 0.25) is 0 Å². The molecular weight excluding hydrogens is 325 g/mol. The molecule has 0 bridgehead atoms. The van der Waals surface area contributed by atoms with Gasteiger partial charge in [0.25, 0.3) is 5.91 Å². The van der Waals surface area contributed by atoms with Gasteiger partial charge >= 0.3 is 0 Å². The van der Waals surface area contributed by atoms with Crippen LogP contribution in [0.15, 0.2) is 42.5 Å². The van der Waals surface area contributed by atoms with Crippen LogP contribution >= 0.6 is 23.2 Å². The van der Waals surface area contributed by atoms with Crippen molar-refractivity contribution in [1.29, 1.82) is 0 Å². The fraction of sp³-hybridized carbons (Fsp3) is 0.188. The molecule has 0 aliphatic rings. The minimum Gasteiger partial charge on any atom is -0.497 e. The maximum atomic E-state index is 12.2. The molecule has 0 radical (unpaired) electrons. The summed E-state index contributed by atoms with van der Waals surface area (Å²) in [6, 6.07) is 12.0. The molecule has 0 aromatic heterocycles. The highest BCUT2D eigenvalue weighted by Gasteiger charge is 2.17. The highest BCUT2D eigenvalue weighted by molar-refractivity contribution is 6.39. The normalized spacial score (nSPS) is 11.6. The molecule has 0 unspecified atom stereocenters. The summed E-state index contributed by atoms with van der Waals surface area (Å²) in [5, 5.41) is 3.41. The number of para-hydroxylation sites is 1. The van der Waals surface area contributed by atoms with Crippen molar-refractivity contribution < 1.29 is 14.3 Å². The Morgan fingerprint density at radius 1 is 1.05 bits per heavy atom. The van der Waals surface area contributed by atoms with E-state index in [4.69, 9.17) is 32.7 Å². The number of halogens is 2. The Morgan fingerprint density at radius 2 is 1.59 bits per heavy atom. The first kappa shape index (κ1) is 16.5. The van der Waals surface area contributed by atoms with Crippen molar-refractivity contribution in [1.82, 2.24) is 0 Å². The average molecular weight is 340 g/mol. The molecule has 0 saturated carbocycles. The van der Waals surface area contributed by atoms with E-state index in [0.29, 0.717) is 27.2 Å². The summed E-state index contributed by atoms with van der Waals surface area (Å²) >= 11 is 12.0. The van der Waals surface area contributed by atoms with Crippen molar-refractivity contribution in [2.24, 2.45) is 0 Å². The Labute approximate surface area is 138 Å². The number of carbonyl (C=O) groups is 1. The van der Waals surface area contributed by atoms with Crippen LogP contribution in [0.5, 0.6) is 11.5 Å². The molecule has 1 N–H and O–H groups in total. The molecule has 0 spiro atoms. The lowest BCUT2D eigenvalue weighted by molar-refractivity contribution is -0.122. The number of hydrogen-bond acceptors (Lipinski definition) is 3. The molecule has 4 nitrogen and oxygen atoms in total. The molecule has 2 rings (SSSR count). The van der Waals surface area contributed by atoms with E-state index in [0.717, 1.165) is 0 Å². The number of hydrogen-bond donors (Lipinski definition) is 1. The van der Waals surface area contributed by atoms with Crippen LogP contribution in [0.3, 0.4) is 0 Å². The van der Waals surface area contributed by atoms with Gasteiger partial charge < -0.3 is 14.8 Å². The minimum absolute atomic E-state index is 0.342. The van der Waals surface area contributed by atoms with Crippen LogP contribution < -0.4 is 14.8 Å². The Balaban J connectivity index is 2.02. The van der Waals surface area contributed by atoms with E-state index in [1.165, 1.54) is 0 Å². The van der Waals surface area contributed by atoms with E-state index in [1.54, 1.807) is 56.5 Å². The molecule has 1 atom stereocenters. The first-order chi connectivity index (χ1) is 10.5. The Kier molecular flexibility index (Phi) is 5.52. The van der Waals surface area contributed by atoms with Crippen LogP contribution in [0.1, 0.15) is 6.92 Å². The van der Waals surface area contributed by atoms with Crippen LogP contribution in [-0.2, 0) is 4.79 Å². The molecule has 6 heteroatoms. The van der Waals surface area contributed by atoms with Crippen LogP contribution in [0.2, 0.25) is 10.0 Å². The van der Waals surface area contributed by atoms with Gasteiger partial charge in [0.1, 0.15) is 11.5 Å². The van der Waals surface area contributed by atoms with E-state index >= 15 is 0 Å². The fourth-order valence-electron chi connectivity index (χ4n) is 1.75. The summed E-state index contributed by atoms with van der Waals surface area (Å²) in [5.74, 6) is 0.937. The van der Waals surface area contributed by atoms with Gasteiger partial charge in [-0.2, -0.15) is 0 Å². The van der Waals surface area contributed by atoms with Gasteiger partial charge in [-0.15, -0.1) is 0 Å². The predicted molar refractivity (Wildman–Crippen MR) is 88.2 cm³/mol. The van der Waals surface area contributed by atoms with Gasteiger partial charge in [-0.25, -0.2) is 0 Å². The summed E-state index contributed by atoms with van der Waals surface area (Å²) in [4.78, 5) is 12.2. The topological polar surface area (TPSA) is 47.6 Å².